The van der Waals surface area contributed by atoms with E-state index >= 15 is 0 Å². The summed E-state index contributed by atoms with van der Waals surface area (Å²) in [5.41, 5.74) is 2.27. The molecule has 4 rings (SSSR count). The third kappa shape index (κ3) is 5.27. The first-order valence-electron chi connectivity index (χ1n) is 11.6. The molecular formula is C24H31N5O4S. The Balaban J connectivity index is 1.44. The smallest absolute Gasteiger partial charge is 0.306 e. The second-order valence-electron chi connectivity index (χ2n) is 8.43. The van der Waals surface area contributed by atoms with Crippen molar-refractivity contribution in [1.82, 2.24) is 14.9 Å². The summed E-state index contributed by atoms with van der Waals surface area (Å²) in [6.45, 7) is 7.18. The number of aromatic nitrogens is 2. The molecule has 0 atom stereocenters. The van der Waals surface area contributed by atoms with E-state index in [-0.39, 0.29) is 11.7 Å². The van der Waals surface area contributed by atoms with Crippen LogP contribution in [0.3, 0.4) is 0 Å². The van der Waals surface area contributed by atoms with Gasteiger partial charge in [0, 0.05) is 49.3 Å². The first kappa shape index (κ1) is 23.9. The number of amides is 1. The van der Waals surface area contributed by atoms with E-state index in [1.165, 1.54) is 0 Å². The summed E-state index contributed by atoms with van der Waals surface area (Å²) >= 11 is 0. The minimum absolute atomic E-state index is 0.0607. The van der Waals surface area contributed by atoms with Gasteiger partial charge < -0.3 is 24.3 Å². The third-order valence-corrected chi connectivity index (χ3v) is 6.52. The van der Waals surface area contributed by atoms with Crippen LogP contribution in [-0.2, 0) is 10.1 Å². The first-order chi connectivity index (χ1) is 16.3. The van der Waals surface area contributed by atoms with Gasteiger partial charge in [0.25, 0.3) is 5.91 Å². The Kier molecular flexibility index (Phi) is 6.97. The average molecular weight is 486 g/mol. The predicted octanol–water partition coefficient (Wildman–Crippen LogP) is 3.46. The summed E-state index contributed by atoms with van der Waals surface area (Å²) in [4.78, 5) is 25.1. The second kappa shape index (κ2) is 9.92. The molecule has 0 radical (unpaired) electrons. The standard InChI is InChI=1S/C24H31N5O4S/c1-4-25-21-7-6-12-26-23(21)29(5-2)18-10-13-28(14-11-18)24(30)22-16-17-15-19(33-34(3,31)32)8-9-20(17)27-22/h6-9,12,15-16,18,25,27H,4-5,10-11,13-14H2,1-3H3. The zero-order valence-corrected chi connectivity index (χ0v) is 20.6. The Morgan fingerprint density at radius 1 is 1.24 bits per heavy atom. The van der Waals surface area contributed by atoms with Crippen LogP contribution in [0.15, 0.2) is 42.6 Å². The van der Waals surface area contributed by atoms with Gasteiger partial charge >= 0.3 is 10.1 Å². The van der Waals surface area contributed by atoms with E-state index in [2.05, 4.69) is 40.1 Å². The number of hydrogen-bond donors (Lipinski definition) is 2. The lowest BCUT2D eigenvalue weighted by atomic mass is 10.0. The predicted molar refractivity (Wildman–Crippen MR) is 134 cm³/mol. The molecule has 1 aromatic carbocycles. The van der Waals surface area contributed by atoms with Crippen molar-refractivity contribution >= 4 is 38.4 Å². The molecule has 1 amide bonds. The monoisotopic (exact) mass is 485 g/mol. The van der Waals surface area contributed by atoms with Crippen LogP contribution in [0.1, 0.15) is 37.2 Å². The lowest BCUT2D eigenvalue weighted by Gasteiger charge is -2.39. The van der Waals surface area contributed by atoms with Crippen LogP contribution in [0.4, 0.5) is 11.5 Å². The van der Waals surface area contributed by atoms with Crippen molar-refractivity contribution in [2.24, 2.45) is 0 Å². The van der Waals surface area contributed by atoms with Gasteiger partial charge in [0.05, 0.1) is 11.9 Å². The van der Waals surface area contributed by atoms with Crippen LogP contribution in [0.2, 0.25) is 0 Å². The molecule has 3 heterocycles. The number of carbonyl (C=O) groups excluding carboxylic acids is 1. The third-order valence-electron chi connectivity index (χ3n) is 6.03. The summed E-state index contributed by atoms with van der Waals surface area (Å²) in [5, 5.41) is 4.12. The number of aromatic amines is 1. The van der Waals surface area contributed by atoms with Crippen molar-refractivity contribution in [3.05, 3.63) is 48.3 Å². The number of fused-ring (bicyclic) bond motifs is 1. The number of anilines is 2. The molecule has 0 spiro atoms. The number of rotatable bonds is 8. The van der Waals surface area contributed by atoms with Crippen molar-refractivity contribution in [1.29, 1.82) is 0 Å². The van der Waals surface area contributed by atoms with Crippen molar-refractivity contribution in [2.45, 2.75) is 32.7 Å². The van der Waals surface area contributed by atoms with Crippen molar-refractivity contribution in [2.75, 3.05) is 42.7 Å². The SMILES string of the molecule is CCNc1cccnc1N(CC)C1CCN(C(=O)c2cc3cc(OS(C)(=O)=O)ccc3[nH]2)CC1. The molecule has 3 aromatic rings. The maximum atomic E-state index is 13.2. The lowest BCUT2D eigenvalue weighted by molar-refractivity contribution is 0.0707. The quantitative estimate of drug-likeness (QED) is 0.471. The van der Waals surface area contributed by atoms with Gasteiger partial charge in [-0.2, -0.15) is 8.42 Å². The van der Waals surface area contributed by atoms with E-state index in [9.17, 15) is 13.2 Å². The van der Waals surface area contributed by atoms with E-state index in [0.717, 1.165) is 54.6 Å². The highest BCUT2D eigenvalue weighted by molar-refractivity contribution is 7.86. The van der Waals surface area contributed by atoms with Crippen LogP contribution >= 0.6 is 0 Å². The topological polar surface area (TPSA) is 108 Å². The number of carbonyl (C=O) groups is 1. The van der Waals surface area contributed by atoms with E-state index in [4.69, 9.17) is 4.18 Å². The van der Waals surface area contributed by atoms with Crippen LogP contribution in [0, 0.1) is 0 Å². The number of likely N-dealkylation sites (tertiary alicyclic amines) is 1. The van der Waals surface area contributed by atoms with Gasteiger partial charge in [-0.25, -0.2) is 4.98 Å². The van der Waals surface area contributed by atoms with Gasteiger partial charge in [-0.15, -0.1) is 0 Å². The molecule has 1 fully saturated rings. The summed E-state index contributed by atoms with van der Waals surface area (Å²) in [6.07, 6.45) is 4.53. The second-order valence-corrected chi connectivity index (χ2v) is 10.0. The molecule has 1 aliphatic rings. The molecule has 1 saturated heterocycles. The van der Waals surface area contributed by atoms with Gasteiger partial charge in [0.15, 0.2) is 5.82 Å². The Hall–Kier alpha value is -3.27. The Bertz CT molecular complexity index is 1270. The summed E-state index contributed by atoms with van der Waals surface area (Å²) in [5.74, 6) is 1.12. The summed E-state index contributed by atoms with van der Waals surface area (Å²) in [6, 6.07) is 10.9. The molecule has 0 saturated carbocycles. The average Bonchev–Trinajstić information content (AvgIpc) is 3.23. The molecule has 2 N–H and O–H groups in total. The Labute approximate surface area is 200 Å². The highest BCUT2D eigenvalue weighted by Gasteiger charge is 2.29. The number of nitrogens with zero attached hydrogens (tertiary/aromatic N) is 3. The molecule has 0 unspecified atom stereocenters. The zero-order chi connectivity index (χ0) is 24.3. The molecule has 182 valence electrons. The van der Waals surface area contributed by atoms with E-state index < -0.39 is 10.1 Å². The number of benzene rings is 1. The molecule has 9 nitrogen and oxygen atoms in total. The molecule has 34 heavy (non-hydrogen) atoms. The van der Waals surface area contributed by atoms with Crippen LogP contribution in [0.25, 0.3) is 10.9 Å². The minimum atomic E-state index is -3.61. The van der Waals surface area contributed by atoms with E-state index in [0.29, 0.717) is 24.8 Å². The first-order valence-corrected chi connectivity index (χ1v) is 13.4. The normalized spacial score (nSPS) is 14.9. The number of nitrogens with one attached hydrogen (secondary N) is 2. The van der Waals surface area contributed by atoms with Gasteiger partial charge in [0.1, 0.15) is 11.4 Å². The van der Waals surface area contributed by atoms with Crippen LogP contribution < -0.4 is 14.4 Å². The van der Waals surface area contributed by atoms with E-state index in [1.54, 1.807) is 24.3 Å². The molecule has 1 aliphatic heterocycles. The molecule has 10 heteroatoms. The lowest BCUT2D eigenvalue weighted by Crippen LogP contribution is -2.47. The maximum Gasteiger partial charge on any atom is 0.306 e. The minimum Gasteiger partial charge on any atom is -0.383 e. The fourth-order valence-corrected chi connectivity index (χ4v) is 4.99. The molecule has 0 bridgehead atoms. The maximum absolute atomic E-state index is 13.2. The summed E-state index contributed by atoms with van der Waals surface area (Å²) < 4.78 is 27.7. The molecule has 2 aromatic heterocycles. The van der Waals surface area contributed by atoms with Gasteiger partial charge in [-0.05, 0) is 63.1 Å². The van der Waals surface area contributed by atoms with Crippen LogP contribution in [0.5, 0.6) is 5.75 Å². The Morgan fingerprint density at radius 2 is 2.00 bits per heavy atom. The fourth-order valence-electron chi connectivity index (χ4n) is 4.54. The fraction of sp³-hybridized carbons (Fsp3) is 0.417. The number of piperidine rings is 1. The number of H-pyrrole nitrogens is 1. The highest BCUT2D eigenvalue weighted by atomic mass is 32.2. The summed E-state index contributed by atoms with van der Waals surface area (Å²) in [7, 11) is -3.61. The van der Waals surface area contributed by atoms with Gasteiger partial charge in [-0.1, -0.05) is 0 Å². The van der Waals surface area contributed by atoms with Gasteiger partial charge in [-0.3, -0.25) is 4.79 Å². The van der Waals surface area contributed by atoms with Crippen LogP contribution in [-0.4, -0.2) is 67.7 Å². The molecular weight excluding hydrogens is 454 g/mol. The highest BCUT2D eigenvalue weighted by Crippen LogP contribution is 2.29. The van der Waals surface area contributed by atoms with Gasteiger partial charge in [0.2, 0.25) is 0 Å². The van der Waals surface area contributed by atoms with Crippen molar-refractivity contribution < 1.29 is 17.4 Å². The van der Waals surface area contributed by atoms with Crippen molar-refractivity contribution in [3.63, 3.8) is 0 Å². The molecule has 0 aliphatic carbocycles. The largest absolute Gasteiger partial charge is 0.383 e. The Morgan fingerprint density at radius 3 is 2.68 bits per heavy atom. The van der Waals surface area contributed by atoms with E-state index in [1.807, 2.05) is 17.2 Å². The van der Waals surface area contributed by atoms with Crippen molar-refractivity contribution in [3.8, 4) is 5.75 Å². The number of pyridine rings is 1. The number of hydrogen-bond acceptors (Lipinski definition) is 7. The zero-order valence-electron chi connectivity index (χ0n) is 19.7.